The predicted octanol–water partition coefficient (Wildman–Crippen LogP) is 1.80. The van der Waals surface area contributed by atoms with Crippen molar-refractivity contribution in [1.82, 2.24) is 5.06 Å². The number of guanidine groups is 2. The molecule has 0 fully saturated rings. The molecule has 0 aromatic heterocycles. The lowest BCUT2D eigenvalue weighted by atomic mass is 10.1. The van der Waals surface area contributed by atoms with E-state index in [4.69, 9.17) is 21.0 Å². The van der Waals surface area contributed by atoms with Crippen molar-refractivity contribution in [2.45, 2.75) is 45.7 Å². The van der Waals surface area contributed by atoms with Gasteiger partial charge in [0.25, 0.3) is 0 Å². The van der Waals surface area contributed by atoms with E-state index in [0.29, 0.717) is 18.8 Å². The zero-order chi connectivity index (χ0) is 19.2. The Bertz CT molecular complexity index is 683. The molecular formula is C18H27N5O3. The number of nitrogens with two attached hydrogens (primary N) is 2. The number of benzene rings is 1. The fourth-order valence-electron chi connectivity index (χ4n) is 2.54. The van der Waals surface area contributed by atoms with Gasteiger partial charge in [0, 0.05) is 0 Å². The molecule has 1 aliphatic rings. The molecule has 1 aromatic carbocycles. The highest BCUT2D eigenvalue weighted by atomic mass is 16.7. The molecule has 0 saturated heterocycles. The van der Waals surface area contributed by atoms with Gasteiger partial charge in [-0.2, -0.15) is 10.1 Å². The third-order valence-electron chi connectivity index (χ3n) is 3.78. The average molecular weight is 361 g/mol. The van der Waals surface area contributed by atoms with Gasteiger partial charge in [-0.15, -0.1) is 0 Å². The van der Waals surface area contributed by atoms with Crippen LogP contribution in [0.15, 0.2) is 34.3 Å². The van der Waals surface area contributed by atoms with Gasteiger partial charge in [0.2, 0.25) is 11.9 Å². The van der Waals surface area contributed by atoms with Crippen molar-refractivity contribution in [3.63, 3.8) is 0 Å². The van der Waals surface area contributed by atoms with Crippen LogP contribution in [-0.2, 0) is 16.0 Å². The van der Waals surface area contributed by atoms with Crippen LogP contribution in [0.2, 0.25) is 0 Å². The van der Waals surface area contributed by atoms with Crippen LogP contribution < -0.4 is 11.5 Å². The van der Waals surface area contributed by atoms with Gasteiger partial charge in [0.15, 0.2) is 5.66 Å². The van der Waals surface area contributed by atoms with E-state index in [2.05, 4.69) is 9.98 Å². The molecule has 142 valence electrons. The molecule has 4 N–H and O–H groups in total. The summed E-state index contributed by atoms with van der Waals surface area (Å²) in [6, 6.07) is 7.41. The Hall–Kier alpha value is -2.61. The third kappa shape index (κ3) is 5.19. The maximum absolute atomic E-state index is 11.8. The molecule has 26 heavy (non-hydrogen) atoms. The Balaban J connectivity index is 1.80. The van der Waals surface area contributed by atoms with Gasteiger partial charge in [0.1, 0.15) is 0 Å². The number of carbonyl (C=O) groups is 1. The van der Waals surface area contributed by atoms with Gasteiger partial charge in [-0.3, -0.25) is 4.84 Å². The van der Waals surface area contributed by atoms with Crippen molar-refractivity contribution in [2.75, 3.05) is 13.2 Å². The summed E-state index contributed by atoms with van der Waals surface area (Å²) < 4.78 is 5.11. The highest BCUT2D eigenvalue weighted by Gasteiger charge is 2.32. The molecule has 0 radical (unpaired) electrons. The Morgan fingerprint density at radius 2 is 1.88 bits per heavy atom. The predicted molar refractivity (Wildman–Crippen MR) is 100 cm³/mol. The van der Waals surface area contributed by atoms with Crippen LogP contribution in [0.1, 0.15) is 49.5 Å². The second kappa shape index (κ2) is 8.66. The van der Waals surface area contributed by atoms with Crippen molar-refractivity contribution >= 4 is 17.9 Å². The second-order valence-electron chi connectivity index (χ2n) is 6.50. The maximum atomic E-state index is 11.8. The number of esters is 1. The molecule has 0 unspecified atom stereocenters. The van der Waals surface area contributed by atoms with E-state index in [1.54, 1.807) is 12.1 Å². The van der Waals surface area contributed by atoms with Crippen LogP contribution in [0.5, 0.6) is 0 Å². The number of carbonyl (C=O) groups excluding carboxylic acids is 1. The summed E-state index contributed by atoms with van der Waals surface area (Å²) in [4.78, 5) is 25.6. The van der Waals surface area contributed by atoms with Gasteiger partial charge in [0.05, 0.1) is 18.8 Å². The minimum atomic E-state index is -0.698. The minimum Gasteiger partial charge on any atom is -0.462 e. The number of aliphatic imine (C=N–C) groups is 2. The summed E-state index contributed by atoms with van der Waals surface area (Å²) >= 11 is 0. The summed E-state index contributed by atoms with van der Waals surface area (Å²) in [6.07, 6.45) is 2.39. The summed E-state index contributed by atoms with van der Waals surface area (Å²) in [5, 5.41) is 1.47. The molecule has 0 amide bonds. The smallest absolute Gasteiger partial charge is 0.338 e. The molecule has 0 bridgehead atoms. The Morgan fingerprint density at radius 1 is 1.19 bits per heavy atom. The number of hydrogen-bond donors (Lipinski definition) is 2. The van der Waals surface area contributed by atoms with Crippen LogP contribution in [0.25, 0.3) is 0 Å². The molecule has 8 heteroatoms. The zero-order valence-electron chi connectivity index (χ0n) is 15.6. The van der Waals surface area contributed by atoms with Crippen LogP contribution >= 0.6 is 0 Å². The van der Waals surface area contributed by atoms with E-state index in [1.807, 2.05) is 32.9 Å². The Kier molecular flexibility index (Phi) is 6.57. The van der Waals surface area contributed by atoms with Crippen LogP contribution in [-0.4, -0.2) is 41.8 Å². The number of hydroxylamine groups is 2. The lowest BCUT2D eigenvalue weighted by molar-refractivity contribution is -0.157. The number of hydrogen-bond acceptors (Lipinski definition) is 8. The van der Waals surface area contributed by atoms with Crippen molar-refractivity contribution in [1.29, 1.82) is 0 Å². The molecule has 0 atom stereocenters. The largest absolute Gasteiger partial charge is 0.462 e. The van der Waals surface area contributed by atoms with Crippen molar-refractivity contribution in [2.24, 2.45) is 21.5 Å². The van der Waals surface area contributed by atoms with Crippen LogP contribution in [0.3, 0.4) is 0 Å². The standard InChI is InChI=1S/C18H27N5O3/c1-4-11-25-15(24)14-9-7-13(8-10-14)6-5-12-26-23-17(20)21-16(19)22-18(23,2)3/h7-10H,4-6,11-12H2,1-3H3,(H4,19,20,21,22). The Labute approximate surface area is 153 Å². The molecular weight excluding hydrogens is 334 g/mol. The van der Waals surface area contributed by atoms with Crippen molar-refractivity contribution in [3.05, 3.63) is 35.4 Å². The average Bonchev–Trinajstić information content (AvgIpc) is 2.58. The molecule has 1 aliphatic heterocycles. The normalized spacial score (nSPS) is 16.0. The molecule has 8 nitrogen and oxygen atoms in total. The van der Waals surface area contributed by atoms with Crippen LogP contribution in [0.4, 0.5) is 0 Å². The van der Waals surface area contributed by atoms with E-state index < -0.39 is 5.66 Å². The van der Waals surface area contributed by atoms with E-state index in [9.17, 15) is 4.79 Å². The lowest BCUT2D eigenvalue weighted by Gasteiger charge is -2.36. The van der Waals surface area contributed by atoms with E-state index >= 15 is 0 Å². The van der Waals surface area contributed by atoms with Crippen LogP contribution in [0, 0.1) is 0 Å². The molecule has 0 aliphatic carbocycles. The highest BCUT2D eigenvalue weighted by molar-refractivity contribution is 5.95. The van der Waals surface area contributed by atoms with Gasteiger partial charge in [-0.25, -0.2) is 9.79 Å². The number of rotatable bonds is 8. The molecule has 1 heterocycles. The topological polar surface area (TPSA) is 116 Å². The first kappa shape index (κ1) is 19.7. The van der Waals surface area contributed by atoms with Gasteiger partial charge < -0.3 is 16.2 Å². The summed E-state index contributed by atoms with van der Waals surface area (Å²) in [5.41, 5.74) is 12.5. The molecule has 1 aromatic rings. The Morgan fingerprint density at radius 3 is 2.50 bits per heavy atom. The maximum Gasteiger partial charge on any atom is 0.338 e. The first-order valence-corrected chi connectivity index (χ1v) is 8.72. The summed E-state index contributed by atoms with van der Waals surface area (Å²) in [6.45, 7) is 6.54. The van der Waals surface area contributed by atoms with Crippen molar-refractivity contribution < 1.29 is 14.4 Å². The van der Waals surface area contributed by atoms with Gasteiger partial charge in [-0.05, 0) is 50.8 Å². The quantitative estimate of drug-likeness (QED) is 0.539. The second-order valence-corrected chi connectivity index (χ2v) is 6.50. The minimum absolute atomic E-state index is 0.143. The van der Waals surface area contributed by atoms with Gasteiger partial charge in [-0.1, -0.05) is 19.1 Å². The third-order valence-corrected chi connectivity index (χ3v) is 3.78. The fraction of sp³-hybridized carbons (Fsp3) is 0.500. The van der Waals surface area contributed by atoms with Gasteiger partial charge >= 0.3 is 5.97 Å². The summed E-state index contributed by atoms with van der Waals surface area (Å²) in [5.74, 6) is 0.0472. The number of nitrogens with zero attached hydrogens (tertiary/aromatic N) is 3. The SMILES string of the molecule is CCCOC(=O)c1ccc(CCCON2C(N)=NC(N)=NC2(C)C)cc1. The molecule has 0 saturated carbocycles. The summed E-state index contributed by atoms with van der Waals surface area (Å²) in [7, 11) is 0. The zero-order valence-corrected chi connectivity index (χ0v) is 15.6. The first-order valence-electron chi connectivity index (χ1n) is 8.72. The monoisotopic (exact) mass is 361 g/mol. The lowest BCUT2D eigenvalue weighted by Crippen LogP contribution is -2.53. The van der Waals surface area contributed by atoms with E-state index in [-0.39, 0.29) is 17.9 Å². The van der Waals surface area contributed by atoms with E-state index in [0.717, 1.165) is 24.8 Å². The van der Waals surface area contributed by atoms with Crippen molar-refractivity contribution in [3.8, 4) is 0 Å². The molecule has 0 spiro atoms. The fourth-order valence-corrected chi connectivity index (χ4v) is 2.54. The first-order chi connectivity index (χ1) is 12.3. The van der Waals surface area contributed by atoms with E-state index in [1.165, 1.54) is 5.06 Å². The highest BCUT2D eigenvalue weighted by Crippen LogP contribution is 2.20. The number of ether oxygens (including phenoxy) is 1. The molecule has 2 rings (SSSR count). The number of aryl methyl sites for hydroxylation is 1.